The van der Waals surface area contributed by atoms with E-state index in [1.54, 1.807) is 6.20 Å². The van der Waals surface area contributed by atoms with Crippen LogP contribution in [0, 0.1) is 0 Å². The van der Waals surface area contributed by atoms with Crippen molar-refractivity contribution in [3.63, 3.8) is 0 Å². The largest absolute Gasteiger partial charge is 0.394 e. The van der Waals surface area contributed by atoms with Crippen LogP contribution in [0.3, 0.4) is 0 Å². The minimum atomic E-state index is -0.269. The number of rotatable bonds is 6. The van der Waals surface area contributed by atoms with Gasteiger partial charge in [-0.05, 0) is 25.1 Å². The van der Waals surface area contributed by atoms with Gasteiger partial charge in [0.05, 0.1) is 12.6 Å². The van der Waals surface area contributed by atoms with Crippen molar-refractivity contribution in [3.8, 4) is 0 Å². The van der Waals surface area contributed by atoms with Crippen molar-refractivity contribution in [2.75, 3.05) is 44.7 Å². The van der Waals surface area contributed by atoms with Gasteiger partial charge in [0.1, 0.15) is 5.82 Å². The van der Waals surface area contributed by atoms with E-state index in [-0.39, 0.29) is 18.7 Å². The van der Waals surface area contributed by atoms with Crippen LogP contribution < -0.4 is 15.5 Å². The Bertz CT molecular complexity index is 482. The van der Waals surface area contributed by atoms with E-state index < -0.39 is 0 Å². The number of carbonyl (C=O) groups excluding carboxylic acids is 1. The lowest BCUT2D eigenvalue weighted by Crippen LogP contribution is -2.44. The molecule has 128 valence electrons. The quantitative estimate of drug-likeness (QED) is 0.707. The van der Waals surface area contributed by atoms with Gasteiger partial charge in [-0.3, -0.25) is 0 Å². The Kier molecular flexibility index (Phi) is 6.61. The number of anilines is 1. The van der Waals surface area contributed by atoms with E-state index in [0.29, 0.717) is 13.0 Å². The minimum Gasteiger partial charge on any atom is -0.394 e. The number of aliphatic hydroxyl groups is 1. The Balaban J connectivity index is 1.80. The number of pyridine rings is 1. The standard InChI is InChI=1S/C16H27N5O2/c1-3-14(12-22)19-16(23)18-11-13-4-5-15(17-10-13)21-8-6-20(2)7-9-21/h4-5,10,14,22H,3,6-9,11-12H2,1-2H3,(H2,18,19,23)/t14-/m1/s1. The highest BCUT2D eigenvalue weighted by molar-refractivity contribution is 5.74. The molecule has 0 aliphatic carbocycles. The van der Waals surface area contributed by atoms with Crippen molar-refractivity contribution >= 4 is 11.8 Å². The first kappa shape index (κ1) is 17.5. The van der Waals surface area contributed by atoms with E-state index in [9.17, 15) is 4.79 Å². The highest BCUT2D eigenvalue weighted by atomic mass is 16.3. The molecule has 1 aliphatic rings. The molecule has 0 saturated carbocycles. The fraction of sp³-hybridized carbons (Fsp3) is 0.625. The van der Waals surface area contributed by atoms with E-state index in [1.165, 1.54) is 0 Å². The normalized spacial score (nSPS) is 16.9. The SMILES string of the molecule is CC[C@H](CO)NC(=O)NCc1ccc(N2CCN(C)CC2)nc1. The number of hydrogen-bond donors (Lipinski definition) is 3. The first-order valence-electron chi connectivity index (χ1n) is 8.16. The molecule has 1 aliphatic heterocycles. The van der Waals surface area contributed by atoms with Gasteiger partial charge in [-0.25, -0.2) is 9.78 Å². The highest BCUT2D eigenvalue weighted by Crippen LogP contribution is 2.13. The predicted molar refractivity (Wildman–Crippen MR) is 90.5 cm³/mol. The van der Waals surface area contributed by atoms with Crippen molar-refractivity contribution in [1.29, 1.82) is 0 Å². The van der Waals surface area contributed by atoms with Crippen LogP contribution in [-0.2, 0) is 6.54 Å². The third-order valence-corrected chi connectivity index (χ3v) is 4.14. The summed E-state index contributed by atoms with van der Waals surface area (Å²) in [7, 11) is 2.13. The lowest BCUT2D eigenvalue weighted by atomic mass is 10.2. The monoisotopic (exact) mass is 321 g/mol. The average molecular weight is 321 g/mol. The fourth-order valence-electron chi connectivity index (χ4n) is 2.44. The van der Waals surface area contributed by atoms with E-state index in [0.717, 1.165) is 37.6 Å². The van der Waals surface area contributed by atoms with Crippen LogP contribution in [0.4, 0.5) is 10.6 Å². The van der Waals surface area contributed by atoms with Crippen molar-refractivity contribution in [2.45, 2.75) is 25.9 Å². The summed E-state index contributed by atoms with van der Waals surface area (Å²) in [6.45, 7) is 6.37. The van der Waals surface area contributed by atoms with Crippen molar-refractivity contribution < 1.29 is 9.90 Å². The third-order valence-electron chi connectivity index (χ3n) is 4.14. The molecule has 0 bridgehead atoms. The van der Waals surface area contributed by atoms with Crippen LogP contribution in [0.2, 0.25) is 0 Å². The summed E-state index contributed by atoms with van der Waals surface area (Å²) >= 11 is 0. The number of amides is 2. The molecular formula is C16H27N5O2. The third kappa shape index (κ3) is 5.37. The molecule has 7 nitrogen and oxygen atoms in total. The van der Waals surface area contributed by atoms with Gasteiger partial charge in [0.2, 0.25) is 0 Å². The van der Waals surface area contributed by atoms with Crippen LogP contribution >= 0.6 is 0 Å². The molecule has 0 radical (unpaired) electrons. The van der Waals surface area contributed by atoms with Crippen LogP contribution in [0.5, 0.6) is 0 Å². The maximum absolute atomic E-state index is 11.7. The molecule has 2 heterocycles. The molecule has 2 rings (SSSR count). The second-order valence-electron chi connectivity index (χ2n) is 5.93. The molecule has 3 N–H and O–H groups in total. The van der Waals surface area contributed by atoms with E-state index in [2.05, 4.69) is 32.5 Å². The van der Waals surface area contributed by atoms with Gasteiger partial charge in [-0.1, -0.05) is 13.0 Å². The van der Waals surface area contributed by atoms with Crippen molar-refractivity contribution in [3.05, 3.63) is 23.9 Å². The first-order chi connectivity index (χ1) is 11.1. The second kappa shape index (κ2) is 8.69. The summed E-state index contributed by atoms with van der Waals surface area (Å²) in [4.78, 5) is 20.8. The van der Waals surface area contributed by atoms with Gasteiger partial charge in [-0.2, -0.15) is 0 Å². The van der Waals surface area contributed by atoms with Gasteiger partial charge in [0.15, 0.2) is 0 Å². The van der Waals surface area contributed by atoms with E-state index in [4.69, 9.17) is 5.11 Å². The Morgan fingerprint density at radius 1 is 1.35 bits per heavy atom. The maximum Gasteiger partial charge on any atom is 0.315 e. The first-order valence-corrected chi connectivity index (χ1v) is 8.16. The fourth-order valence-corrected chi connectivity index (χ4v) is 2.44. The molecule has 1 aromatic rings. The summed E-state index contributed by atoms with van der Waals surface area (Å²) < 4.78 is 0. The molecule has 1 fully saturated rings. The molecule has 1 saturated heterocycles. The number of carbonyl (C=O) groups is 1. The smallest absolute Gasteiger partial charge is 0.315 e. The zero-order chi connectivity index (χ0) is 16.7. The summed E-state index contributed by atoms with van der Waals surface area (Å²) in [5, 5.41) is 14.6. The summed E-state index contributed by atoms with van der Waals surface area (Å²) in [6, 6.07) is 3.52. The van der Waals surface area contributed by atoms with E-state index >= 15 is 0 Å². The van der Waals surface area contributed by atoms with Gasteiger partial charge in [0, 0.05) is 38.9 Å². The number of aliphatic hydroxyl groups excluding tert-OH is 1. The lowest BCUT2D eigenvalue weighted by Gasteiger charge is -2.33. The Morgan fingerprint density at radius 3 is 2.65 bits per heavy atom. The minimum absolute atomic E-state index is 0.0504. The number of nitrogens with one attached hydrogen (secondary N) is 2. The zero-order valence-electron chi connectivity index (χ0n) is 14.0. The maximum atomic E-state index is 11.7. The van der Waals surface area contributed by atoms with Crippen molar-refractivity contribution in [1.82, 2.24) is 20.5 Å². The number of hydrogen-bond acceptors (Lipinski definition) is 5. The molecule has 7 heteroatoms. The summed E-state index contributed by atoms with van der Waals surface area (Å²) in [5.74, 6) is 0.984. The van der Waals surface area contributed by atoms with E-state index in [1.807, 2.05) is 19.1 Å². The average Bonchev–Trinajstić information content (AvgIpc) is 2.59. The van der Waals surface area contributed by atoms with Crippen LogP contribution in [0.25, 0.3) is 0 Å². The summed E-state index contributed by atoms with van der Waals surface area (Å²) in [6.07, 6.45) is 2.50. The highest BCUT2D eigenvalue weighted by Gasteiger charge is 2.15. The molecule has 23 heavy (non-hydrogen) atoms. The second-order valence-corrected chi connectivity index (χ2v) is 5.93. The topological polar surface area (TPSA) is 80.7 Å². The predicted octanol–water partition coefficient (Wildman–Crippen LogP) is 0.404. The number of urea groups is 1. The zero-order valence-corrected chi connectivity index (χ0v) is 14.0. The molecular weight excluding hydrogens is 294 g/mol. The van der Waals surface area contributed by atoms with Crippen LogP contribution in [-0.4, -0.2) is 66.9 Å². The summed E-state index contributed by atoms with van der Waals surface area (Å²) in [5.41, 5.74) is 0.954. The molecule has 1 aromatic heterocycles. The Labute approximate surface area is 137 Å². The van der Waals surface area contributed by atoms with Crippen LogP contribution in [0.15, 0.2) is 18.3 Å². The van der Waals surface area contributed by atoms with Gasteiger partial charge in [-0.15, -0.1) is 0 Å². The van der Waals surface area contributed by atoms with Crippen molar-refractivity contribution in [2.24, 2.45) is 0 Å². The molecule has 1 atom stereocenters. The molecule has 2 amide bonds. The van der Waals surface area contributed by atoms with Crippen LogP contribution in [0.1, 0.15) is 18.9 Å². The lowest BCUT2D eigenvalue weighted by molar-refractivity contribution is 0.214. The van der Waals surface area contributed by atoms with Gasteiger partial charge in [0.25, 0.3) is 0 Å². The number of piperazine rings is 1. The van der Waals surface area contributed by atoms with Gasteiger partial charge >= 0.3 is 6.03 Å². The number of likely N-dealkylation sites (N-methyl/N-ethyl adjacent to an activating group) is 1. The Hall–Kier alpha value is -1.86. The van der Waals surface area contributed by atoms with Gasteiger partial charge < -0.3 is 25.5 Å². The number of aromatic nitrogens is 1. The number of nitrogens with zero attached hydrogens (tertiary/aromatic N) is 3. The molecule has 0 aromatic carbocycles. The molecule has 0 spiro atoms. The molecule has 0 unspecified atom stereocenters. The Morgan fingerprint density at radius 2 is 2.09 bits per heavy atom.